The maximum absolute atomic E-state index is 12.7. The molecule has 1 saturated heterocycles. The summed E-state index contributed by atoms with van der Waals surface area (Å²) in [7, 11) is -3.11. The first kappa shape index (κ1) is 18.8. The maximum atomic E-state index is 12.7. The van der Waals surface area contributed by atoms with Crippen LogP contribution in [0.25, 0.3) is 0 Å². The van der Waals surface area contributed by atoms with Gasteiger partial charge in [0.05, 0.1) is 18.1 Å². The number of halogens is 1. The van der Waals surface area contributed by atoms with Gasteiger partial charge in [-0.2, -0.15) is 0 Å². The van der Waals surface area contributed by atoms with Crippen LogP contribution in [-0.2, 0) is 21.2 Å². The minimum Gasteiger partial charge on any atom is -0.484 e. The predicted octanol–water partition coefficient (Wildman–Crippen LogP) is 2.84. The van der Waals surface area contributed by atoms with Crippen molar-refractivity contribution in [3.05, 3.63) is 52.9 Å². The number of carbonyl (C=O) groups excluding carboxylic acids is 1. The van der Waals surface area contributed by atoms with Gasteiger partial charge in [-0.1, -0.05) is 11.6 Å². The molecule has 1 aromatic carbocycles. The highest BCUT2D eigenvalue weighted by Crippen LogP contribution is 2.22. The topological polar surface area (TPSA) is 76.8 Å². The minimum absolute atomic E-state index is 0.0284. The lowest BCUT2D eigenvalue weighted by molar-refractivity contribution is -0.136. The van der Waals surface area contributed by atoms with E-state index in [0.717, 1.165) is 5.76 Å². The zero-order valence-corrected chi connectivity index (χ0v) is 15.9. The van der Waals surface area contributed by atoms with Gasteiger partial charge in [-0.15, -0.1) is 0 Å². The first-order valence-electron chi connectivity index (χ1n) is 8.26. The molecule has 0 N–H and O–H groups in total. The lowest BCUT2D eigenvalue weighted by Gasteiger charge is -2.27. The smallest absolute Gasteiger partial charge is 0.261 e. The van der Waals surface area contributed by atoms with E-state index in [0.29, 0.717) is 23.0 Å². The van der Waals surface area contributed by atoms with Crippen LogP contribution in [0, 0.1) is 6.92 Å². The lowest BCUT2D eigenvalue weighted by Crippen LogP contribution is -2.43. The van der Waals surface area contributed by atoms with Crippen LogP contribution in [0.3, 0.4) is 0 Å². The van der Waals surface area contributed by atoms with Crippen molar-refractivity contribution in [1.29, 1.82) is 0 Å². The molecule has 0 bridgehead atoms. The van der Waals surface area contributed by atoms with Gasteiger partial charge in [0.1, 0.15) is 17.3 Å². The van der Waals surface area contributed by atoms with Gasteiger partial charge in [-0.3, -0.25) is 4.79 Å². The highest BCUT2D eigenvalue weighted by atomic mass is 35.5. The first-order chi connectivity index (χ1) is 12.3. The summed E-state index contributed by atoms with van der Waals surface area (Å²) in [5.74, 6) is 1.66. The number of nitrogens with zero attached hydrogens (tertiary/aromatic N) is 1. The van der Waals surface area contributed by atoms with Gasteiger partial charge in [0.15, 0.2) is 16.4 Å². The van der Waals surface area contributed by atoms with Crippen LogP contribution >= 0.6 is 11.6 Å². The summed E-state index contributed by atoms with van der Waals surface area (Å²) < 4.78 is 34.7. The molecule has 0 spiro atoms. The Balaban J connectivity index is 1.71. The molecule has 6 nitrogen and oxygen atoms in total. The zero-order valence-electron chi connectivity index (χ0n) is 14.4. The number of benzene rings is 1. The summed E-state index contributed by atoms with van der Waals surface area (Å²) in [6.07, 6.45) is 0.425. The van der Waals surface area contributed by atoms with Crippen molar-refractivity contribution in [2.45, 2.75) is 25.9 Å². The Bertz CT molecular complexity index is 875. The van der Waals surface area contributed by atoms with Gasteiger partial charge in [0.25, 0.3) is 5.91 Å². The Morgan fingerprint density at radius 3 is 2.58 bits per heavy atom. The van der Waals surface area contributed by atoms with Gasteiger partial charge < -0.3 is 14.1 Å². The average molecular weight is 398 g/mol. The monoisotopic (exact) mass is 397 g/mol. The maximum Gasteiger partial charge on any atom is 0.261 e. The second-order valence-corrected chi connectivity index (χ2v) is 9.00. The van der Waals surface area contributed by atoms with E-state index in [4.69, 9.17) is 20.8 Å². The summed E-state index contributed by atoms with van der Waals surface area (Å²) in [4.78, 5) is 14.3. The molecule has 140 valence electrons. The van der Waals surface area contributed by atoms with Gasteiger partial charge >= 0.3 is 0 Å². The summed E-state index contributed by atoms with van der Waals surface area (Å²) in [5, 5.41) is 0.578. The molecule has 0 aliphatic carbocycles. The van der Waals surface area contributed by atoms with Crippen LogP contribution in [0.1, 0.15) is 17.9 Å². The SMILES string of the molecule is Cc1ccc(CN(C(=O)COc2ccc(Cl)cc2)C2CCS(=O)(=O)C2)o1. The van der Waals surface area contributed by atoms with Crippen LogP contribution in [-0.4, -0.2) is 43.4 Å². The van der Waals surface area contributed by atoms with Gasteiger partial charge in [-0.05, 0) is 49.7 Å². The van der Waals surface area contributed by atoms with Gasteiger partial charge in [-0.25, -0.2) is 8.42 Å². The van der Waals surface area contributed by atoms with Crippen LogP contribution in [0.2, 0.25) is 5.02 Å². The Morgan fingerprint density at radius 1 is 1.27 bits per heavy atom. The highest BCUT2D eigenvalue weighted by Gasteiger charge is 2.35. The molecule has 2 heterocycles. The van der Waals surface area contributed by atoms with Crippen LogP contribution in [0.4, 0.5) is 0 Å². The standard InChI is InChI=1S/C18H20ClNO5S/c1-13-2-5-17(25-13)10-20(15-8-9-26(22,23)12-15)18(21)11-24-16-6-3-14(19)4-7-16/h2-7,15H,8-12H2,1H3. The van der Waals surface area contributed by atoms with Crippen LogP contribution in [0.5, 0.6) is 5.75 Å². The number of hydrogen-bond donors (Lipinski definition) is 0. The molecule has 0 radical (unpaired) electrons. The fraction of sp³-hybridized carbons (Fsp3) is 0.389. The van der Waals surface area contributed by atoms with E-state index in [-0.39, 0.29) is 36.6 Å². The quantitative estimate of drug-likeness (QED) is 0.749. The van der Waals surface area contributed by atoms with Crippen molar-refractivity contribution < 1.29 is 22.4 Å². The van der Waals surface area contributed by atoms with Crippen molar-refractivity contribution >= 4 is 27.3 Å². The molecule has 1 unspecified atom stereocenters. The number of sulfone groups is 1. The van der Waals surface area contributed by atoms with Crippen molar-refractivity contribution in [2.24, 2.45) is 0 Å². The Hall–Kier alpha value is -1.99. The number of hydrogen-bond acceptors (Lipinski definition) is 5. The predicted molar refractivity (Wildman–Crippen MR) is 98.0 cm³/mol. The molecule has 1 aromatic heterocycles. The molecular weight excluding hydrogens is 378 g/mol. The molecule has 1 aliphatic rings. The fourth-order valence-corrected chi connectivity index (χ4v) is 4.80. The Morgan fingerprint density at radius 2 is 2.00 bits per heavy atom. The van der Waals surface area contributed by atoms with Crippen LogP contribution in [0.15, 0.2) is 40.8 Å². The minimum atomic E-state index is -3.11. The summed E-state index contributed by atoms with van der Waals surface area (Å²) in [6, 6.07) is 9.94. The number of carbonyl (C=O) groups is 1. The summed E-state index contributed by atoms with van der Waals surface area (Å²) in [5.41, 5.74) is 0. The van der Waals surface area contributed by atoms with Crippen molar-refractivity contribution in [3.63, 3.8) is 0 Å². The fourth-order valence-electron chi connectivity index (χ4n) is 2.94. The summed E-state index contributed by atoms with van der Waals surface area (Å²) >= 11 is 5.83. The van der Waals surface area contributed by atoms with Gasteiger partial charge in [0, 0.05) is 11.1 Å². The largest absolute Gasteiger partial charge is 0.484 e. The van der Waals surface area contributed by atoms with Gasteiger partial charge in [0.2, 0.25) is 0 Å². The molecule has 2 aromatic rings. The molecule has 1 atom stereocenters. The molecular formula is C18H20ClNO5S. The zero-order chi connectivity index (χ0) is 18.7. The van der Waals surface area contributed by atoms with Crippen LogP contribution < -0.4 is 4.74 Å². The van der Waals surface area contributed by atoms with Crippen molar-refractivity contribution in [1.82, 2.24) is 4.90 Å². The second-order valence-electron chi connectivity index (χ2n) is 6.33. The average Bonchev–Trinajstić information content (AvgIpc) is 3.16. The number of aryl methyl sites for hydroxylation is 1. The third-order valence-electron chi connectivity index (χ3n) is 4.27. The van der Waals surface area contributed by atoms with E-state index in [1.54, 1.807) is 35.2 Å². The normalized spacial score (nSPS) is 18.6. The lowest BCUT2D eigenvalue weighted by atomic mass is 10.2. The molecule has 3 rings (SSSR count). The van der Waals surface area contributed by atoms with E-state index < -0.39 is 9.84 Å². The summed E-state index contributed by atoms with van der Waals surface area (Å²) in [6.45, 7) is 1.86. The first-order valence-corrected chi connectivity index (χ1v) is 10.5. The third-order valence-corrected chi connectivity index (χ3v) is 6.27. The highest BCUT2D eigenvalue weighted by molar-refractivity contribution is 7.91. The second kappa shape index (κ2) is 7.72. The molecule has 0 saturated carbocycles. The van der Waals surface area contributed by atoms with E-state index in [2.05, 4.69) is 0 Å². The van der Waals surface area contributed by atoms with E-state index in [1.165, 1.54) is 0 Å². The van der Waals surface area contributed by atoms with E-state index in [9.17, 15) is 13.2 Å². The third kappa shape index (κ3) is 4.80. The van der Waals surface area contributed by atoms with Crippen molar-refractivity contribution in [2.75, 3.05) is 18.1 Å². The molecule has 26 heavy (non-hydrogen) atoms. The number of ether oxygens (including phenoxy) is 1. The molecule has 1 aliphatic heterocycles. The van der Waals surface area contributed by atoms with Crippen molar-refractivity contribution in [3.8, 4) is 5.75 Å². The Labute approximate surface area is 157 Å². The van der Waals surface area contributed by atoms with E-state index in [1.807, 2.05) is 13.0 Å². The number of amides is 1. The number of rotatable bonds is 6. The van der Waals surface area contributed by atoms with E-state index >= 15 is 0 Å². The molecule has 8 heteroatoms. The Kier molecular flexibility index (Phi) is 5.58. The molecule has 1 amide bonds. The number of furan rings is 1. The molecule has 1 fully saturated rings.